The average Bonchev–Trinajstić information content (AvgIpc) is 3.39. The van der Waals surface area contributed by atoms with Crippen molar-refractivity contribution in [2.75, 3.05) is 11.9 Å². The molecule has 154 valence electrons. The van der Waals surface area contributed by atoms with Crippen LogP contribution < -0.4 is 5.32 Å². The van der Waals surface area contributed by atoms with Gasteiger partial charge in [-0.2, -0.15) is 5.26 Å². The topological polar surface area (TPSA) is 97.3 Å². The lowest BCUT2D eigenvalue weighted by atomic mass is 10.0. The first-order valence-corrected chi connectivity index (χ1v) is 9.74. The molecular formula is C23H23N3O4. The quantitative estimate of drug-likeness (QED) is 0.595. The summed E-state index contributed by atoms with van der Waals surface area (Å²) in [4.78, 5) is 25.0. The number of carbonyl (C=O) groups excluding carboxylic acids is 2. The van der Waals surface area contributed by atoms with Gasteiger partial charge in [0.25, 0.3) is 5.91 Å². The molecule has 0 saturated heterocycles. The highest BCUT2D eigenvalue weighted by atomic mass is 16.5. The molecule has 2 heterocycles. The van der Waals surface area contributed by atoms with Crippen LogP contribution in [0.15, 0.2) is 47.1 Å². The second kappa shape index (κ2) is 9.14. The minimum Gasteiger partial charge on any atom is -0.452 e. The lowest BCUT2D eigenvalue weighted by molar-refractivity contribution is -0.119. The summed E-state index contributed by atoms with van der Waals surface area (Å²) in [6, 6.07) is 11.4. The summed E-state index contributed by atoms with van der Waals surface area (Å²) in [6.07, 6.45) is 4.95. The molecule has 0 bridgehead atoms. The van der Waals surface area contributed by atoms with Crippen molar-refractivity contribution < 1.29 is 18.7 Å². The molecule has 1 N–H and O–H groups in total. The second-order valence-electron chi connectivity index (χ2n) is 6.70. The number of ether oxygens (including phenoxy) is 1. The number of hydrogen-bond acceptors (Lipinski definition) is 5. The number of benzene rings is 1. The van der Waals surface area contributed by atoms with Crippen molar-refractivity contribution in [3.63, 3.8) is 0 Å². The summed E-state index contributed by atoms with van der Waals surface area (Å²) < 4.78 is 12.4. The molecule has 0 spiro atoms. The van der Waals surface area contributed by atoms with E-state index < -0.39 is 18.5 Å². The largest absolute Gasteiger partial charge is 0.452 e. The Hall–Kier alpha value is -3.79. The first-order chi connectivity index (χ1) is 14.5. The van der Waals surface area contributed by atoms with Crippen LogP contribution in [0.3, 0.4) is 0 Å². The van der Waals surface area contributed by atoms with Gasteiger partial charge in [-0.1, -0.05) is 32.0 Å². The number of esters is 1. The molecule has 1 aromatic carbocycles. The summed E-state index contributed by atoms with van der Waals surface area (Å²) in [5.74, 6) is -0.726. The summed E-state index contributed by atoms with van der Waals surface area (Å²) in [5, 5.41) is 12.4. The summed E-state index contributed by atoms with van der Waals surface area (Å²) >= 11 is 0. The number of anilines is 1. The predicted molar refractivity (Wildman–Crippen MR) is 112 cm³/mol. The number of aromatic nitrogens is 1. The summed E-state index contributed by atoms with van der Waals surface area (Å²) in [7, 11) is 0. The molecule has 0 atom stereocenters. The molecule has 0 aliphatic rings. The highest BCUT2D eigenvalue weighted by molar-refractivity contribution is 5.98. The lowest BCUT2D eigenvalue weighted by Gasteiger charge is -2.14. The fraction of sp³-hybridized carbons (Fsp3) is 0.261. The second-order valence-corrected chi connectivity index (χ2v) is 6.70. The fourth-order valence-corrected chi connectivity index (χ4v) is 3.31. The minimum atomic E-state index is -0.777. The zero-order valence-electron chi connectivity index (χ0n) is 17.2. The molecule has 0 radical (unpaired) electrons. The Bertz CT molecular complexity index is 1080. The van der Waals surface area contributed by atoms with Crippen LogP contribution in [0.5, 0.6) is 0 Å². The van der Waals surface area contributed by atoms with Crippen LogP contribution in [-0.4, -0.2) is 23.1 Å². The third-order valence-corrected chi connectivity index (χ3v) is 4.82. The van der Waals surface area contributed by atoms with Crippen molar-refractivity contribution in [3.05, 3.63) is 70.7 Å². The predicted octanol–water partition coefficient (Wildman–Crippen LogP) is 4.17. The summed E-state index contributed by atoms with van der Waals surface area (Å²) in [6.45, 7) is 5.14. The van der Waals surface area contributed by atoms with Crippen molar-refractivity contribution in [2.45, 2.75) is 33.6 Å². The Morgan fingerprint density at radius 3 is 2.33 bits per heavy atom. The number of hydrogen-bond donors (Lipinski definition) is 1. The molecule has 0 aliphatic carbocycles. The molecule has 2 aromatic heterocycles. The Kier molecular flexibility index (Phi) is 6.38. The van der Waals surface area contributed by atoms with Gasteiger partial charge in [0.15, 0.2) is 6.61 Å². The van der Waals surface area contributed by atoms with Crippen LogP contribution in [-0.2, 0) is 22.4 Å². The Labute approximate surface area is 174 Å². The minimum absolute atomic E-state index is 0.0252. The zero-order valence-corrected chi connectivity index (χ0v) is 17.2. The molecule has 3 aromatic rings. The van der Waals surface area contributed by atoms with E-state index in [9.17, 15) is 14.9 Å². The van der Waals surface area contributed by atoms with E-state index in [1.807, 2.05) is 38.1 Å². The molecule has 0 saturated carbocycles. The third kappa shape index (κ3) is 4.13. The smallest absolute Gasteiger partial charge is 0.343 e. The first-order valence-electron chi connectivity index (χ1n) is 9.74. The van der Waals surface area contributed by atoms with E-state index in [0.29, 0.717) is 0 Å². The average molecular weight is 405 g/mol. The molecule has 0 aliphatic heterocycles. The number of nitriles is 1. The maximum absolute atomic E-state index is 12.6. The van der Waals surface area contributed by atoms with Gasteiger partial charge in [-0.05, 0) is 43.0 Å². The number of nitrogens with zero attached hydrogens (tertiary/aromatic N) is 2. The van der Waals surface area contributed by atoms with E-state index in [0.717, 1.165) is 29.7 Å². The highest BCUT2D eigenvalue weighted by Gasteiger charge is 2.26. The number of aryl methyl sites for hydroxylation is 3. The monoisotopic (exact) mass is 405 g/mol. The van der Waals surface area contributed by atoms with Crippen molar-refractivity contribution in [1.29, 1.82) is 5.26 Å². The number of rotatable bonds is 7. The Balaban J connectivity index is 1.74. The van der Waals surface area contributed by atoms with Crippen LogP contribution in [0.2, 0.25) is 0 Å². The number of furan rings is 1. The van der Waals surface area contributed by atoms with E-state index in [1.165, 1.54) is 0 Å². The van der Waals surface area contributed by atoms with Crippen LogP contribution in [0.4, 0.5) is 5.69 Å². The Morgan fingerprint density at radius 2 is 1.77 bits per heavy atom. The SMILES string of the molecule is CCc1cccc(CC)c1NC(=O)COC(=O)c1c(C)oc(-n2cccc2)c1C#N. The van der Waals surface area contributed by atoms with Gasteiger partial charge in [-0.15, -0.1) is 0 Å². The van der Waals surface area contributed by atoms with E-state index in [-0.39, 0.29) is 22.8 Å². The van der Waals surface area contributed by atoms with E-state index in [4.69, 9.17) is 9.15 Å². The number of para-hydroxylation sites is 1. The fourth-order valence-electron chi connectivity index (χ4n) is 3.31. The van der Waals surface area contributed by atoms with Crippen molar-refractivity contribution in [2.24, 2.45) is 0 Å². The Morgan fingerprint density at radius 1 is 1.13 bits per heavy atom. The van der Waals surface area contributed by atoms with Crippen molar-refractivity contribution in [3.8, 4) is 12.0 Å². The maximum atomic E-state index is 12.6. The molecule has 7 nitrogen and oxygen atoms in total. The maximum Gasteiger partial charge on any atom is 0.343 e. The van der Waals surface area contributed by atoms with Crippen LogP contribution in [0.25, 0.3) is 5.88 Å². The number of amides is 1. The van der Waals surface area contributed by atoms with E-state index in [2.05, 4.69) is 5.32 Å². The van der Waals surface area contributed by atoms with Crippen molar-refractivity contribution >= 4 is 17.6 Å². The molecule has 0 fully saturated rings. The van der Waals surface area contributed by atoms with E-state index >= 15 is 0 Å². The van der Waals surface area contributed by atoms with Gasteiger partial charge in [-0.3, -0.25) is 9.36 Å². The van der Waals surface area contributed by atoms with Gasteiger partial charge >= 0.3 is 5.97 Å². The normalized spacial score (nSPS) is 10.5. The number of carbonyl (C=O) groups is 2. The third-order valence-electron chi connectivity index (χ3n) is 4.82. The standard InChI is InChI=1S/C23H23N3O4/c1-4-16-9-8-10-17(5-2)21(16)25-19(27)14-29-23(28)20-15(3)30-22(18(20)13-24)26-11-6-7-12-26/h6-12H,4-5,14H2,1-3H3,(H,25,27). The molecule has 0 unspecified atom stereocenters. The van der Waals surface area contributed by atoms with Crippen LogP contribution in [0.1, 0.15) is 46.7 Å². The van der Waals surface area contributed by atoms with Crippen LogP contribution >= 0.6 is 0 Å². The van der Waals surface area contributed by atoms with Gasteiger partial charge in [0, 0.05) is 18.1 Å². The molecule has 7 heteroatoms. The zero-order chi connectivity index (χ0) is 21.7. The van der Waals surface area contributed by atoms with Gasteiger partial charge in [0.1, 0.15) is 23.0 Å². The first kappa shape index (κ1) is 20.9. The molecule has 3 rings (SSSR count). The molecule has 30 heavy (non-hydrogen) atoms. The lowest BCUT2D eigenvalue weighted by Crippen LogP contribution is -2.22. The van der Waals surface area contributed by atoms with Gasteiger partial charge in [0.2, 0.25) is 5.88 Å². The number of nitrogens with one attached hydrogen (secondary N) is 1. The van der Waals surface area contributed by atoms with Crippen LogP contribution in [0, 0.1) is 18.3 Å². The van der Waals surface area contributed by atoms with Crippen molar-refractivity contribution in [1.82, 2.24) is 4.57 Å². The molecular weight excluding hydrogens is 382 g/mol. The van der Waals surface area contributed by atoms with Gasteiger partial charge < -0.3 is 14.5 Å². The van der Waals surface area contributed by atoms with Gasteiger partial charge in [0.05, 0.1) is 0 Å². The van der Waals surface area contributed by atoms with E-state index in [1.54, 1.807) is 36.0 Å². The van der Waals surface area contributed by atoms with Gasteiger partial charge in [-0.25, -0.2) is 4.79 Å². The highest BCUT2D eigenvalue weighted by Crippen LogP contribution is 2.26. The summed E-state index contributed by atoms with van der Waals surface area (Å²) in [5.41, 5.74) is 2.89. The molecule has 1 amide bonds.